The Labute approximate surface area is 171 Å². The van der Waals surface area contributed by atoms with E-state index in [1.54, 1.807) is 14.2 Å². The summed E-state index contributed by atoms with van der Waals surface area (Å²) in [6.45, 7) is 3.21. The van der Waals surface area contributed by atoms with Crippen molar-refractivity contribution in [3.05, 3.63) is 82.4 Å². The van der Waals surface area contributed by atoms with Gasteiger partial charge >= 0.3 is 0 Å². The first-order valence-electron chi connectivity index (χ1n) is 9.01. The van der Waals surface area contributed by atoms with E-state index in [4.69, 9.17) is 25.8 Å². The molecule has 0 spiro atoms. The van der Waals surface area contributed by atoms with Gasteiger partial charge in [0.05, 0.1) is 19.2 Å². The lowest BCUT2D eigenvalue weighted by atomic mass is 10.1. The summed E-state index contributed by atoms with van der Waals surface area (Å²) in [5.74, 6) is 2.09. The zero-order chi connectivity index (χ0) is 19.9. The summed E-state index contributed by atoms with van der Waals surface area (Å²) in [6.07, 6.45) is 0. The number of hydrogen-bond donors (Lipinski definition) is 1. The highest BCUT2D eigenvalue weighted by molar-refractivity contribution is 6.32. The molecule has 0 aliphatic heterocycles. The third kappa shape index (κ3) is 5.11. The molecule has 0 unspecified atom stereocenters. The minimum atomic E-state index is 0.500. The molecule has 5 heteroatoms. The van der Waals surface area contributed by atoms with Crippen molar-refractivity contribution in [1.29, 1.82) is 0 Å². The number of methoxy groups -OCH3 is 2. The average molecular weight is 398 g/mol. The second-order valence-corrected chi connectivity index (χ2v) is 6.87. The summed E-state index contributed by atoms with van der Waals surface area (Å²) in [5, 5.41) is 3.93. The van der Waals surface area contributed by atoms with Gasteiger partial charge in [0, 0.05) is 12.2 Å². The molecule has 3 rings (SSSR count). The van der Waals surface area contributed by atoms with Crippen molar-refractivity contribution in [2.24, 2.45) is 0 Å². The van der Waals surface area contributed by atoms with Gasteiger partial charge in [-0.05, 0) is 48.4 Å². The van der Waals surface area contributed by atoms with Gasteiger partial charge in [-0.2, -0.15) is 0 Å². The standard InChI is InChI=1S/C23H24ClNO3/c1-16-5-4-6-18(11-16)15-28-22-9-7-17(12-23(22)27-3)14-25-19-8-10-21(26-2)20(24)13-19/h4-13,25H,14-15H2,1-3H3. The molecule has 0 aromatic heterocycles. The van der Waals surface area contributed by atoms with Crippen LogP contribution in [0, 0.1) is 6.92 Å². The third-order valence-corrected chi connectivity index (χ3v) is 4.65. The van der Waals surface area contributed by atoms with Crippen LogP contribution in [-0.2, 0) is 13.2 Å². The minimum absolute atomic E-state index is 0.500. The van der Waals surface area contributed by atoms with Gasteiger partial charge in [-0.1, -0.05) is 47.5 Å². The first kappa shape index (κ1) is 19.9. The average Bonchev–Trinajstić information content (AvgIpc) is 2.71. The molecule has 0 aliphatic carbocycles. The molecular weight excluding hydrogens is 374 g/mol. The van der Waals surface area contributed by atoms with Gasteiger partial charge < -0.3 is 19.5 Å². The molecule has 0 atom stereocenters. The van der Waals surface area contributed by atoms with Gasteiger partial charge in [0.1, 0.15) is 12.4 Å². The van der Waals surface area contributed by atoms with Gasteiger partial charge in [-0.3, -0.25) is 0 Å². The van der Waals surface area contributed by atoms with Crippen LogP contribution in [0.5, 0.6) is 17.2 Å². The summed E-state index contributed by atoms with van der Waals surface area (Å²) >= 11 is 6.17. The van der Waals surface area contributed by atoms with E-state index in [1.807, 2.05) is 42.5 Å². The van der Waals surface area contributed by atoms with Crippen LogP contribution in [0.1, 0.15) is 16.7 Å². The van der Waals surface area contributed by atoms with Gasteiger partial charge in [0.15, 0.2) is 11.5 Å². The fourth-order valence-corrected chi connectivity index (χ4v) is 3.14. The van der Waals surface area contributed by atoms with Crippen molar-refractivity contribution in [3.63, 3.8) is 0 Å². The highest BCUT2D eigenvalue weighted by Crippen LogP contribution is 2.30. The number of nitrogens with one attached hydrogen (secondary N) is 1. The maximum atomic E-state index is 6.17. The van der Waals surface area contributed by atoms with Gasteiger partial charge in [0.2, 0.25) is 0 Å². The van der Waals surface area contributed by atoms with E-state index in [0.717, 1.165) is 22.6 Å². The number of ether oxygens (including phenoxy) is 3. The van der Waals surface area contributed by atoms with Crippen molar-refractivity contribution < 1.29 is 14.2 Å². The topological polar surface area (TPSA) is 39.7 Å². The Morgan fingerprint density at radius 3 is 2.32 bits per heavy atom. The van der Waals surface area contributed by atoms with Crippen molar-refractivity contribution >= 4 is 17.3 Å². The van der Waals surface area contributed by atoms with Crippen LogP contribution in [-0.4, -0.2) is 14.2 Å². The number of rotatable bonds is 8. The van der Waals surface area contributed by atoms with Crippen LogP contribution in [0.15, 0.2) is 60.7 Å². The fraction of sp³-hybridized carbons (Fsp3) is 0.217. The Morgan fingerprint density at radius 1 is 0.821 bits per heavy atom. The van der Waals surface area contributed by atoms with Crippen molar-refractivity contribution in [2.75, 3.05) is 19.5 Å². The molecule has 0 heterocycles. The van der Waals surface area contributed by atoms with E-state index in [9.17, 15) is 0 Å². The second-order valence-electron chi connectivity index (χ2n) is 6.47. The first-order chi connectivity index (χ1) is 13.6. The van der Waals surface area contributed by atoms with Gasteiger partial charge in [-0.25, -0.2) is 0 Å². The lowest BCUT2D eigenvalue weighted by molar-refractivity contribution is 0.284. The Hall–Kier alpha value is -2.85. The van der Waals surface area contributed by atoms with Crippen LogP contribution in [0.25, 0.3) is 0 Å². The van der Waals surface area contributed by atoms with Crippen molar-refractivity contribution in [3.8, 4) is 17.2 Å². The molecule has 1 N–H and O–H groups in total. The molecular formula is C23H24ClNO3. The van der Waals surface area contributed by atoms with Crippen LogP contribution >= 0.6 is 11.6 Å². The Balaban J connectivity index is 1.64. The fourth-order valence-electron chi connectivity index (χ4n) is 2.88. The molecule has 0 saturated carbocycles. The summed E-state index contributed by atoms with van der Waals surface area (Å²) in [7, 11) is 3.25. The second kappa shape index (κ2) is 9.38. The summed E-state index contributed by atoms with van der Waals surface area (Å²) < 4.78 is 16.6. The van der Waals surface area contributed by atoms with E-state index in [0.29, 0.717) is 29.7 Å². The summed E-state index contributed by atoms with van der Waals surface area (Å²) in [6, 6.07) is 19.8. The van der Waals surface area contributed by atoms with Gasteiger partial charge in [0.25, 0.3) is 0 Å². The number of anilines is 1. The maximum absolute atomic E-state index is 6.17. The van der Waals surface area contributed by atoms with Crippen molar-refractivity contribution in [1.82, 2.24) is 0 Å². The molecule has 4 nitrogen and oxygen atoms in total. The normalized spacial score (nSPS) is 10.4. The summed E-state index contributed by atoms with van der Waals surface area (Å²) in [5.41, 5.74) is 4.34. The predicted molar refractivity (Wildman–Crippen MR) is 114 cm³/mol. The Morgan fingerprint density at radius 2 is 1.61 bits per heavy atom. The Kier molecular flexibility index (Phi) is 6.66. The molecule has 0 aliphatic rings. The SMILES string of the molecule is COc1ccc(NCc2ccc(OCc3cccc(C)c3)c(OC)c2)cc1Cl. The van der Waals surface area contributed by atoms with E-state index in [2.05, 4.69) is 30.4 Å². The summed E-state index contributed by atoms with van der Waals surface area (Å²) in [4.78, 5) is 0. The van der Waals surface area contributed by atoms with Gasteiger partial charge in [-0.15, -0.1) is 0 Å². The zero-order valence-electron chi connectivity index (χ0n) is 16.3. The van der Waals surface area contributed by atoms with Crippen LogP contribution < -0.4 is 19.5 Å². The van der Waals surface area contributed by atoms with E-state index in [1.165, 1.54) is 5.56 Å². The molecule has 0 saturated heterocycles. The molecule has 0 amide bonds. The quantitative estimate of drug-likeness (QED) is 0.517. The number of hydrogen-bond acceptors (Lipinski definition) is 4. The van der Waals surface area contributed by atoms with Crippen LogP contribution in [0.2, 0.25) is 5.02 Å². The Bertz CT molecular complexity index is 943. The molecule has 0 radical (unpaired) electrons. The predicted octanol–water partition coefficient (Wildman–Crippen LogP) is 5.86. The molecule has 0 fully saturated rings. The lowest BCUT2D eigenvalue weighted by Crippen LogP contribution is -2.02. The third-order valence-electron chi connectivity index (χ3n) is 4.35. The minimum Gasteiger partial charge on any atom is -0.495 e. The largest absolute Gasteiger partial charge is 0.495 e. The molecule has 3 aromatic rings. The maximum Gasteiger partial charge on any atom is 0.161 e. The number of benzene rings is 3. The highest BCUT2D eigenvalue weighted by atomic mass is 35.5. The number of aryl methyl sites for hydroxylation is 1. The van der Waals surface area contributed by atoms with E-state index >= 15 is 0 Å². The van der Waals surface area contributed by atoms with E-state index in [-0.39, 0.29) is 0 Å². The monoisotopic (exact) mass is 397 g/mol. The molecule has 28 heavy (non-hydrogen) atoms. The lowest BCUT2D eigenvalue weighted by Gasteiger charge is -2.14. The number of halogens is 1. The highest BCUT2D eigenvalue weighted by Gasteiger charge is 2.07. The van der Waals surface area contributed by atoms with E-state index < -0.39 is 0 Å². The van der Waals surface area contributed by atoms with Crippen LogP contribution in [0.3, 0.4) is 0 Å². The smallest absolute Gasteiger partial charge is 0.161 e. The molecule has 0 bridgehead atoms. The molecule has 146 valence electrons. The zero-order valence-corrected chi connectivity index (χ0v) is 17.0. The first-order valence-corrected chi connectivity index (χ1v) is 9.39. The van der Waals surface area contributed by atoms with Crippen molar-refractivity contribution in [2.45, 2.75) is 20.1 Å². The molecule has 3 aromatic carbocycles. The van der Waals surface area contributed by atoms with Crippen LogP contribution in [0.4, 0.5) is 5.69 Å².